The average Bonchev–Trinajstić information content (AvgIpc) is 3.18. The third-order valence-electron chi connectivity index (χ3n) is 5.59. The van der Waals surface area contributed by atoms with Crippen molar-refractivity contribution in [3.8, 4) is 0 Å². The van der Waals surface area contributed by atoms with Crippen LogP contribution in [0.25, 0.3) is 0 Å². The Balaban J connectivity index is 0.00000320. The van der Waals surface area contributed by atoms with Gasteiger partial charge >= 0.3 is 0 Å². The van der Waals surface area contributed by atoms with E-state index in [-0.39, 0.29) is 24.0 Å². The fourth-order valence-electron chi connectivity index (χ4n) is 4.26. The van der Waals surface area contributed by atoms with E-state index in [4.69, 9.17) is 14.5 Å². The molecule has 3 unspecified atom stereocenters. The van der Waals surface area contributed by atoms with Gasteiger partial charge < -0.3 is 19.7 Å². The van der Waals surface area contributed by atoms with Crippen LogP contribution in [0.4, 0.5) is 0 Å². The quantitative estimate of drug-likeness (QED) is 0.333. The molecule has 3 atom stereocenters. The molecular formula is C23H39IN4O2. The second-order valence-corrected chi connectivity index (χ2v) is 8.55. The Labute approximate surface area is 199 Å². The Hall–Kier alpha value is -0.900. The van der Waals surface area contributed by atoms with Gasteiger partial charge in [0.1, 0.15) is 0 Å². The number of aliphatic imine (C=N–C) groups is 1. The number of rotatable bonds is 7. The molecule has 0 aromatic heterocycles. The van der Waals surface area contributed by atoms with Gasteiger partial charge in [0.15, 0.2) is 5.96 Å². The predicted molar refractivity (Wildman–Crippen MR) is 134 cm³/mol. The molecule has 30 heavy (non-hydrogen) atoms. The number of halogens is 1. The number of guanidine groups is 1. The molecule has 6 nitrogen and oxygen atoms in total. The third kappa shape index (κ3) is 7.98. The van der Waals surface area contributed by atoms with Crippen molar-refractivity contribution in [2.75, 3.05) is 46.4 Å². The molecule has 1 aromatic carbocycles. The molecule has 170 valence electrons. The molecule has 2 fully saturated rings. The zero-order valence-electron chi connectivity index (χ0n) is 19.0. The first kappa shape index (κ1) is 25.4. The Morgan fingerprint density at radius 1 is 1.17 bits per heavy atom. The van der Waals surface area contributed by atoms with Crippen molar-refractivity contribution in [1.82, 2.24) is 15.1 Å². The van der Waals surface area contributed by atoms with Crippen LogP contribution in [0.5, 0.6) is 0 Å². The Bertz CT molecular complexity index is 639. The average molecular weight is 530 g/mol. The lowest BCUT2D eigenvalue weighted by molar-refractivity contribution is -0.0704. The van der Waals surface area contributed by atoms with Crippen LogP contribution in [0.1, 0.15) is 38.3 Å². The van der Waals surface area contributed by atoms with E-state index >= 15 is 0 Å². The SMILES string of the molecule is CCNC(=NCc1ccc(CN2CC(C)OC(C)C2)cc1)N(C)CC1CCOC1.I. The fraction of sp³-hybridized carbons (Fsp3) is 0.696. The summed E-state index contributed by atoms with van der Waals surface area (Å²) < 4.78 is 11.3. The van der Waals surface area contributed by atoms with Crippen molar-refractivity contribution in [3.05, 3.63) is 35.4 Å². The Morgan fingerprint density at radius 2 is 1.83 bits per heavy atom. The molecule has 2 saturated heterocycles. The van der Waals surface area contributed by atoms with Crippen molar-refractivity contribution in [3.63, 3.8) is 0 Å². The van der Waals surface area contributed by atoms with E-state index in [0.717, 1.165) is 58.3 Å². The molecule has 0 bridgehead atoms. The number of morpholine rings is 1. The minimum absolute atomic E-state index is 0. The van der Waals surface area contributed by atoms with Gasteiger partial charge in [-0.05, 0) is 38.3 Å². The van der Waals surface area contributed by atoms with E-state index < -0.39 is 0 Å². The highest BCUT2D eigenvalue weighted by molar-refractivity contribution is 14.0. The summed E-state index contributed by atoms with van der Waals surface area (Å²) in [6, 6.07) is 8.89. The molecule has 2 heterocycles. The fourth-order valence-corrected chi connectivity index (χ4v) is 4.26. The number of hydrogen-bond donors (Lipinski definition) is 1. The first-order valence-corrected chi connectivity index (χ1v) is 11.1. The topological polar surface area (TPSA) is 49.3 Å². The molecule has 1 aromatic rings. The van der Waals surface area contributed by atoms with E-state index in [1.54, 1.807) is 0 Å². The van der Waals surface area contributed by atoms with Crippen LogP contribution in [0, 0.1) is 5.92 Å². The van der Waals surface area contributed by atoms with Crippen molar-refractivity contribution >= 4 is 29.9 Å². The number of hydrogen-bond acceptors (Lipinski definition) is 4. The van der Waals surface area contributed by atoms with Crippen LogP contribution in [-0.4, -0.2) is 74.4 Å². The van der Waals surface area contributed by atoms with E-state index in [1.165, 1.54) is 11.1 Å². The number of nitrogens with zero attached hydrogens (tertiary/aromatic N) is 3. The number of benzene rings is 1. The van der Waals surface area contributed by atoms with Gasteiger partial charge in [-0.2, -0.15) is 0 Å². The lowest BCUT2D eigenvalue weighted by Gasteiger charge is -2.35. The second kappa shape index (κ2) is 12.8. The third-order valence-corrected chi connectivity index (χ3v) is 5.59. The highest BCUT2D eigenvalue weighted by Crippen LogP contribution is 2.16. The standard InChI is InChI=1S/C23H38N4O2.HI/c1-5-24-23(26(4)15-22-10-11-28-17-22)25-12-20-6-8-21(9-7-20)16-27-13-18(2)29-19(3)14-27;/h6-9,18-19,22H,5,10-17H2,1-4H3,(H,24,25);1H. The predicted octanol–water partition coefficient (Wildman–Crippen LogP) is 3.35. The maximum absolute atomic E-state index is 5.84. The van der Waals surface area contributed by atoms with Gasteiger partial charge in [0.05, 0.1) is 25.4 Å². The van der Waals surface area contributed by atoms with Crippen LogP contribution in [0.15, 0.2) is 29.3 Å². The molecule has 0 saturated carbocycles. The summed E-state index contributed by atoms with van der Waals surface area (Å²) in [5, 5.41) is 3.42. The first-order valence-electron chi connectivity index (χ1n) is 11.1. The lowest BCUT2D eigenvalue weighted by atomic mass is 10.1. The van der Waals surface area contributed by atoms with E-state index in [2.05, 4.69) is 67.2 Å². The molecule has 0 aliphatic carbocycles. The van der Waals surface area contributed by atoms with Gasteiger partial charge in [0.25, 0.3) is 0 Å². The van der Waals surface area contributed by atoms with Crippen LogP contribution in [-0.2, 0) is 22.6 Å². The summed E-state index contributed by atoms with van der Waals surface area (Å²) in [5.74, 6) is 1.58. The lowest BCUT2D eigenvalue weighted by Crippen LogP contribution is -2.44. The van der Waals surface area contributed by atoms with Gasteiger partial charge in [0.2, 0.25) is 0 Å². The zero-order chi connectivity index (χ0) is 20.6. The molecule has 1 N–H and O–H groups in total. The first-order chi connectivity index (χ1) is 14.0. The summed E-state index contributed by atoms with van der Waals surface area (Å²) in [5.41, 5.74) is 2.59. The molecule has 3 rings (SSSR count). The number of ether oxygens (including phenoxy) is 2. The minimum atomic E-state index is 0. The summed E-state index contributed by atoms with van der Waals surface area (Å²) in [6.07, 6.45) is 1.76. The summed E-state index contributed by atoms with van der Waals surface area (Å²) in [6.45, 7) is 13.7. The van der Waals surface area contributed by atoms with Crippen molar-refractivity contribution < 1.29 is 9.47 Å². The normalized spacial score (nSPS) is 25.1. The molecular weight excluding hydrogens is 491 g/mol. The Kier molecular flexibility index (Phi) is 10.8. The maximum atomic E-state index is 5.84. The van der Waals surface area contributed by atoms with Crippen LogP contribution in [0.3, 0.4) is 0 Å². The van der Waals surface area contributed by atoms with Gasteiger partial charge in [-0.3, -0.25) is 4.90 Å². The van der Waals surface area contributed by atoms with Crippen LogP contribution < -0.4 is 5.32 Å². The largest absolute Gasteiger partial charge is 0.381 e. The van der Waals surface area contributed by atoms with Crippen molar-refractivity contribution in [2.24, 2.45) is 10.9 Å². The molecule has 2 aliphatic rings. The molecule has 2 aliphatic heterocycles. The van der Waals surface area contributed by atoms with Crippen molar-refractivity contribution in [1.29, 1.82) is 0 Å². The molecule has 0 amide bonds. The van der Waals surface area contributed by atoms with Crippen LogP contribution in [0.2, 0.25) is 0 Å². The highest BCUT2D eigenvalue weighted by Gasteiger charge is 2.22. The summed E-state index contributed by atoms with van der Waals surface area (Å²) >= 11 is 0. The monoisotopic (exact) mass is 530 g/mol. The van der Waals surface area contributed by atoms with Gasteiger partial charge in [-0.15, -0.1) is 24.0 Å². The van der Waals surface area contributed by atoms with E-state index in [1.807, 2.05) is 0 Å². The van der Waals surface area contributed by atoms with Crippen LogP contribution >= 0.6 is 24.0 Å². The Morgan fingerprint density at radius 3 is 2.43 bits per heavy atom. The zero-order valence-corrected chi connectivity index (χ0v) is 21.3. The van der Waals surface area contributed by atoms with E-state index in [0.29, 0.717) is 24.7 Å². The molecule has 0 spiro atoms. The van der Waals surface area contributed by atoms with Gasteiger partial charge in [-0.1, -0.05) is 24.3 Å². The maximum Gasteiger partial charge on any atom is 0.193 e. The minimum Gasteiger partial charge on any atom is -0.381 e. The van der Waals surface area contributed by atoms with E-state index in [9.17, 15) is 0 Å². The molecule has 0 radical (unpaired) electrons. The number of nitrogens with one attached hydrogen (secondary N) is 1. The van der Waals surface area contributed by atoms with Gasteiger partial charge in [0, 0.05) is 52.3 Å². The summed E-state index contributed by atoms with van der Waals surface area (Å²) in [7, 11) is 2.12. The smallest absolute Gasteiger partial charge is 0.193 e. The second-order valence-electron chi connectivity index (χ2n) is 8.55. The van der Waals surface area contributed by atoms with Crippen molar-refractivity contribution in [2.45, 2.75) is 52.5 Å². The molecule has 7 heteroatoms. The summed E-state index contributed by atoms with van der Waals surface area (Å²) in [4.78, 5) is 9.57. The highest BCUT2D eigenvalue weighted by atomic mass is 127. The van der Waals surface area contributed by atoms with Gasteiger partial charge in [-0.25, -0.2) is 4.99 Å².